The minimum absolute atomic E-state index is 0.128. The fraction of sp³-hybridized carbons (Fsp3) is 0.174. The van der Waals surface area contributed by atoms with Crippen molar-refractivity contribution >= 4 is 27.5 Å². The molecule has 3 rings (SSSR count). The van der Waals surface area contributed by atoms with Gasteiger partial charge < -0.3 is 20.7 Å². The van der Waals surface area contributed by atoms with E-state index in [4.69, 9.17) is 4.74 Å². The lowest BCUT2D eigenvalue weighted by atomic mass is 10.1. The Kier molecular flexibility index (Phi) is 7.29. The van der Waals surface area contributed by atoms with Crippen LogP contribution < -0.4 is 20.7 Å². The van der Waals surface area contributed by atoms with Crippen LogP contribution in [-0.2, 0) is 16.4 Å². The number of sulfone groups is 1. The monoisotopic (exact) mass is 468 g/mol. The Hall–Kier alpha value is -3.92. The van der Waals surface area contributed by atoms with Crippen LogP contribution in [0.5, 0.6) is 11.5 Å². The number of carbonyl (C=O) groups is 2. The number of nitrogens with zero attached hydrogens (tertiary/aromatic N) is 1. The predicted molar refractivity (Wildman–Crippen MR) is 124 cm³/mol. The van der Waals surface area contributed by atoms with Crippen molar-refractivity contribution in [1.82, 2.24) is 15.6 Å². The minimum Gasteiger partial charge on any atom is -0.457 e. The van der Waals surface area contributed by atoms with Crippen molar-refractivity contribution < 1.29 is 22.7 Å². The number of anilines is 1. The maximum Gasteiger partial charge on any atom is 0.319 e. The summed E-state index contributed by atoms with van der Waals surface area (Å²) in [6.07, 6.45) is 2.61. The average molecular weight is 469 g/mol. The molecule has 172 valence electrons. The summed E-state index contributed by atoms with van der Waals surface area (Å²) in [6, 6.07) is 14.3. The fourth-order valence-corrected chi connectivity index (χ4v) is 3.62. The zero-order chi connectivity index (χ0) is 24.0. The van der Waals surface area contributed by atoms with Crippen LogP contribution in [0.3, 0.4) is 0 Å². The molecule has 0 saturated heterocycles. The third kappa shape index (κ3) is 6.53. The van der Waals surface area contributed by atoms with Crippen molar-refractivity contribution in [3.05, 3.63) is 77.6 Å². The predicted octanol–water partition coefficient (Wildman–Crippen LogP) is 3.27. The van der Waals surface area contributed by atoms with Gasteiger partial charge in [0.05, 0.1) is 4.90 Å². The summed E-state index contributed by atoms with van der Waals surface area (Å²) >= 11 is 0. The van der Waals surface area contributed by atoms with Gasteiger partial charge in [-0.05, 0) is 48.4 Å². The highest BCUT2D eigenvalue weighted by atomic mass is 32.2. The first kappa shape index (κ1) is 23.7. The van der Waals surface area contributed by atoms with Gasteiger partial charge in [-0.25, -0.2) is 13.2 Å². The Balaban J connectivity index is 1.60. The lowest BCUT2D eigenvalue weighted by Gasteiger charge is -2.12. The highest BCUT2D eigenvalue weighted by Crippen LogP contribution is 2.26. The quantitative estimate of drug-likeness (QED) is 0.489. The van der Waals surface area contributed by atoms with Crippen molar-refractivity contribution in [1.29, 1.82) is 0 Å². The molecule has 10 heteroatoms. The number of benzene rings is 2. The van der Waals surface area contributed by atoms with E-state index in [2.05, 4.69) is 20.9 Å². The molecule has 0 fully saturated rings. The topological polar surface area (TPSA) is 126 Å². The number of amides is 3. The highest BCUT2D eigenvalue weighted by molar-refractivity contribution is 7.90. The number of nitrogens with one attached hydrogen (secondary N) is 3. The Morgan fingerprint density at radius 3 is 2.55 bits per heavy atom. The smallest absolute Gasteiger partial charge is 0.319 e. The van der Waals surface area contributed by atoms with E-state index in [-0.39, 0.29) is 23.0 Å². The maximum atomic E-state index is 12.2. The zero-order valence-corrected chi connectivity index (χ0v) is 19.2. The van der Waals surface area contributed by atoms with Gasteiger partial charge in [-0.3, -0.25) is 9.78 Å². The molecule has 33 heavy (non-hydrogen) atoms. The number of hydrogen-bond donors (Lipinski definition) is 3. The van der Waals surface area contributed by atoms with Crippen molar-refractivity contribution in [2.45, 2.75) is 18.4 Å². The summed E-state index contributed by atoms with van der Waals surface area (Å²) in [5.74, 6) is 0.781. The normalized spacial score (nSPS) is 10.9. The van der Waals surface area contributed by atoms with Gasteiger partial charge in [0.15, 0.2) is 9.84 Å². The third-order valence-electron chi connectivity index (χ3n) is 4.63. The van der Waals surface area contributed by atoms with Gasteiger partial charge in [-0.2, -0.15) is 0 Å². The van der Waals surface area contributed by atoms with Crippen LogP contribution in [0.4, 0.5) is 10.5 Å². The van der Waals surface area contributed by atoms with Crippen LogP contribution in [0, 0.1) is 6.92 Å². The molecule has 0 radical (unpaired) electrons. The molecule has 0 aliphatic heterocycles. The lowest BCUT2D eigenvalue weighted by Crippen LogP contribution is -2.28. The molecule has 0 spiro atoms. The minimum atomic E-state index is -3.36. The van der Waals surface area contributed by atoms with Gasteiger partial charge in [-0.15, -0.1) is 0 Å². The number of aromatic nitrogens is 1. The Morgan fingerprint density at radius 1 is 1.06 bits per heavy atom. The van der Waals surface area contributed by atoms with E-state index in [0.717, 1.165) is 17.4 Å². The van der Waals surface area contributed by atoms with Crippen molar-refractivity contribution in [3.8, 4) is 11.5 Å². The van der Waals surface area contributed by atoms with E-state index in [1.807, 2.05) is 19.1 Å². The first-order chi connectivity index (χ1) is 15.7. The van der Waals surface area contributed by atoms with Gasteiger partial charge in [0.25, 0.3) is 5.91 Å². The van der Waals surface area contributed by atoms with E-state index in [1.54, 1.807) is 30.3 Å². The molecule has 3 aromatic rings. The first-order valence-electron chi connectivity index (χ1n) is 9.96. The number of carbonyl (C=O) groups excluding carboxylic acids is 2. The molecule has 3 N–H and O–H groups in total. The summed E-state index contributed by atoms with van der Waals surface area (Å²) in [5.41, 5.74) is 2.32. The SMILES string of the molecule is CNC(=O)c1cc(Oc2ccc(CNC(=O)Nc3cccc(S(C)(=O)=O)c3)cc2C)ccn1. The number of pyridine rings is 1. The third-order valence-corrected chi connectivity index (χ3v) is 5.74. The number of rotatable bonds is 7. The van der Waals surface area contributed by atoms with Crippen molar-refractivity contribution in [3.63, 3.8) is 0 Å². The van der Waals surface area contributed by atoms with Gasteiger partial charge in [-0.1, -0.05) is 18.2 Å². The van der Waals surface area contributed by atoms with E-state index < -0.39 is 15.9 Å². The van der Waals surface area contributed by atoms with Gasteiger partial charge in [0, 0.05) is 37.8 Å². The van der Waals surface area contributed by atoms with E-state index in [0.29, 0.717) is 17.2 Å². The zero-order valence-electron chi connectivity index (χ0n) is 18.4. The molecule has 0 atom stereocenters. The van der Waals surface area contributed by atoms with Gasteiger partial charge in [0.1, 0.15) is 17.2 Å². The largest absolute Gasteiger partial charge is 0.457 e. The molecule has 9 nitrogen and oxygen atoms in total. The molecule has 0 aliphatic rings. The van der Waals surface area contributed by atoms with Crippen LogP contribution >= 0.6 is 0 Å². The molecular formula is C23H24N4O5S. The Labute approximate surface area is 192 Å². The molecule has 0 unspecified atom stereocenters. The summed E-state index contributed by atoms with van der Waals surface area (Å²) in [5, 5.41) is 7.88. The summed E-state index contributed by atoms with van der Waals surface area (Å²) in [4.78, 5) is 28.1. The fourth-order valence-electron chi connectivity index (χ4n) is 2.95. The molecule has 1 heterocycles. The highest BCUT2D eigenvalue weighted by Gasteiger charge is 2.10. The number of hydrogen-bond acceptors (Lipinski definition) is 6. The van der Waals surface area contributed by atoms with Crippen LogP contribution in [-0.4, -0.2) is 38.6 Å². The van der Waals surface area contributed by atoms with E-state index in [9.17, 15) is 18.0 Å². The Bertz CT molecular complexity index is 1290. The summed E-state index contributed by atoms with van der Waals surface area (Å²) in [6.45, 7) is 2.13. The van der Waals surface area contributed by atoms with Crippen molar-refractivity contribution in [2.24, 2.45) is 0 Å². The number of ether oxygens (including phenoxy) is 1. The van der Waals surface area contributed by atoms with Crippen molar-refractivity contribution in [2.75, 3.05) is 18.6 Å². The van der Waals surface area contributed by atoms with Crippen LogP contribution in [0.2, 0.25) is 0 Å². The lowest BCUT2D eigenvalue weighted by molar-refractivity contribution is 0.0957. The summed E-state index contributed by atoms with van der Waals surface area (Å²) in [7, 11) is -1.83. The van der Waals surface area contributed by atoms with Gasteiger partial charge >= 0.3 is 6.03 Å². The average Bonchev–Trinajstić information content (AvgIpc) is 2.78. The van der Waals surface area contributed by atoms with Gasteiger partial charge in [0.2, 0.25) is 0 Å². The van der Waals surface area contributed by atoms with E-state index in [1.165, 1.54) is 25.4 Å². The second-order valence-corrected chi connectivity index (χ2v) is 9.28. The standard InChI is InChI=1S/C23H24N4O5S/c1-15-11-16(7-8-21(15)32-18-9-10-25-20(13-18)22(28)24-2)14-26-23(29)27-17-5-4-6-19(12-17)33(3,30)31/h4-13H,14H2,1-3H3,(H,24,28)(H2,26,27,29). The molecule has 2 aromatic carbocycles. The molecule has 0 aliphatic carbocycles. The Morgan fingerprint density at radius 2 is 1.85 bits per heavy atom. The second-order valence-electron chi connectivity index (χ2n) is 7.27. The van der Waals surface area contributed by atoms with Crippen LogP contribution in [0.1, 0.15) is 21.6 Å². The maximum absolute atomic E-state index is 12.2. The first-order valence-corrected chi connectivity index (χ1v) is 11.9. The second kappa shape index (κ2) is 10.1. The van der Waals surface area contributed by atoms with Crippen LogP contribution in [0.15, 0.2) is 65.7 Å². The molecular weight excluding hydrogens is 444 g/mol. The summed E-state index contributed by atoms with van der Waals surface area (Å²) < 4.78 is 29.2. The molecule has 3 amide bonds. The number of aryl methyl sites for hydroxylation is 1. The molecule has 1 aromatic heterocycles. The van der Waals surface area contributed by atoms with E-state index >= 15 is 0 Å². The number of urea groups is 1. The molecule has 0 bridgehead atoms. The molecule has 0 saturated carbocycles. The van der Waals surface area contributed by atoms with Crippen LogP contribution in [0.25, 0.3) is 0 Å².